The monoisotopic (exact) mass is 258 g/mol. The molecule has 0 spiro atoms. The minimum absolute atomic E-state index is 0.339. The van der Waals surface area contributed by atoms with E-state index >= 15 is 0 Å². The van der Waals surface area contributed by atoms with Crippen molar-refractivity contribution in [2.75, 3.05) is 24.4 Å². The first-order valence-corrected chi connectivity index (χ1v) is 6.71. The van der Waals surface area contributed by atoms with Gasteiger partial charge in [0.05, 0.1) is 11.9 Å². The Labute approximate surface area is 104 Å². The lowest BCUT2D eigenvalue weighted by atomic mass is 10.2. The second-order valence-corrected chi connectivity index (χ2v) is 5.34. The smallest absolute Gasteiger partial charge is 0.261 e. The van der Waals surface area contributed by atoms with Crippen LogP contribution in [0.4, 0.5) is 5.69 Å². The van der Waals surface area contributed by atoms with Crippen molar-refractivity contribution in [2.24, 2.45) is 7.05 Å². The second-order valence-electron chi connectivity index (χ2n) is 4.44. The van der Waals surface area contributed by atoms with E-state index in [0.717, 1.165) is 19.4 Å². The minimum Gasteiger partial charge on any atom is -0.302 e. The van der Waals surface area contributed by atoms with Crippen molar-refractivity contribution in [3.8, 4) is 0 Å². The summed E-state index contributed by atoms with van der Waals surface area (Å²) in [5.74, 6) is 0. The van der Waals surface area contributed by atoms with Crippen LogP contribution in [0, 0.1) is 0 Å². The van der Waals surface area contributed by atoms with Gasteiger partial charge < -0.3 is 4.90 Å². The first-order chi connectivity index (χ1) is 8.08. The first-order valence-electron chi connectivity index (χ1n) is 5.65. The van der Waals surface area contributed by atoms with Gasteiger partial charge in [0.1, 0.15) is 0 Å². The van der Waals surface area contributed by atoms with Crippen LogP contribution in [0.2, 0.25) is 0 Å². The fourth-order valence-electron chi connectivity index (χ4n) is 2.20. The third-order valence-corrected chi connectivity index (χ3v) is 3.95. The molecule has 1 aromatic heterocycles. The summed E-state index contributed by atoms with van der Waals surface area (Å²) < 4.78 is 23.9. The van der Waals surface area contributed by atoms with Gasteiger partial charge in [0, 0.05) is 25.8 Å². The zero-order valence-electron chi connectivity index (χ0n) is 10.1. The van der Waals surface area contributed by atoms with E-state index in [0.29, 0.717) is 18.3 Å². The number of aromatic nitrogens is 2. The fraction of sp³-hybridized carbons (Fsp3) is 0.700. The molecule has 17 heavy (non-hydrogen) atoms. The van der Waals surface area contributed by atoms with Crippen molar-refractivity contribution in [3.05, 3.63) is 12.4 Å². The summed E-state index contributed by atoms with van der Waals surface area (Å²) in [6.45, 7) is 1.62. The zero-order valence-corrected chi connectivity index (χ0v) is 10.9. The molecule has 1 saturated heterocycles. The lowest BCUT2D eigenvalue weighted by molar-refractivity contribution is 0.317. The molecular formula is C10H18N4O2S. The summed E-state index contributed by atoms with van der Waals surface area (Å²) in [5, 5.41) is 4.03. The SMILES string of the molecule is CN1CCC[C@H]1CN(c1cnn(C)c1)S(=O)O. The van der Waals surface area contributed by atoms with Gasteiger partial charge in [0.25, 0.3) is 11.3 Å². The molecule has 2 atom stereocenters. The molecule has 1 unspecified atom stereocenters. The zero-order chi connectivity index (χ0) is 12.4. The molecule has 2 rings (SSSR count). The normalized spacial score (nSPS) is 22.9. The topological polar surface area (TPSA) is 61.6 Å². The molecule has 96 valence electrons. The van der Waals surface area contributed by atoms with E-state index in [1.165, 1.54) is 4.31 Å². The molecular weight excluding hydrogens is 240 g/mol. The highest BCUT2D eigenvalue weighted by molar-refractivity contribution is 7.80. The van der Waals surface area contributed by atoms with Gasteiger partial charge in [0.15, 0.2) is 0 Å². The quantitative estimate of drug-likeness (QED) is 0.797. The van der Waals surface area contributed by atoms with E-state index in [4.69, 9.17) is 0 Å². The van der Waals surface area contributed by atoms with Crippen molar-refractivity contribution in [1.29, 1.82) is 0 Å². The maximum atomic E-state index is 11.4. The van der Waals surface area contributed by atoms with E-state index in [-0.39, 0.29) is 0 Å². The molecule has 0 aromatic carbocycles. The highest BCUT2D eigenvalue weighted by Gasteiger charge is 2.26. The number of anilines is 1. The van der Waals surface area contributed by atoms with E-state index in [1.54, 1.807) is 24.1 Å². The van der Waals surface area contributed by atoms with Crippen LogP contribution in [0.1, 0.15) is 12.8 Å². The van der Waals surface area contributed by atoms with Crippen molar-refractivity contribution in [3.63, 3.8) is 0 Å². The number of nitrogens with zero attached hydrogens (tertiary/aromatic N) is 4. The highest BCUT2D eigenvalue weighted by atomic mass is 32.2. The third kappa shape index (κ3) is 2.85. The number of hydrogen-bond acceptors (Lipinski definition) is 3. The Morgan fingerprint density at radius 3 is 2.88 bits per heavy atom. The number of likely N-dealkylation sites (tertiary alicyclic amines) is 1. The standard InChI is InChI=1S/C10H18N4O2S/c1-12-5-3-4-9(12)8-14(17(15)16)10-6-11-13(2)7-10/h6-7,9H,3-5,8H2,1-2H3,(H,15,16)/t9-/m0/s1. The molecule has 0 amide bonds. The van der Waals surface area contributed by atoms with Crippen molar-refractivity contribution < 1.29 is 8.76 Å². The summed E-state index contributed by atoms with van der Waals surface area (Å²) >= 11 is -2.00. The van der Waals surface area contributed by atoms with E-state index < -0.39 is 11.3 Å². The molecule has 0 aliphatic carbocycles. The molecule has 0 saturated carbocycles. The number of rotatable bonds is 4. The summed E-state index contributed by atoms with van der Waals surface area (Å²) in [6.07, 6.45) is 5.59. The van der Waals surface area contributed by atoms with Crippen molar-refractivity contribution >= 4 is 17.0 Å². The van der Waals surface area contributed by atoms with Crippen molar-refractivity contribution in [2.45, 2.75) is 18.9 Å². The van der Waals surface area contributed by atoms with E-state index in [1.807, 2.05) is 0 Å². The molecule has 1 N–H and O–H groups in total. The van der Waals surface area contributed by atoms with Crippen LogP contribution in [0.3, 0.4) is 0 Å². The molecule has 1 aliphatic rings. The minimum atomic E-state index is -2.00. The summed E-state index contributed by atoms with van der Waals surface area (Å²) in [7, 11) is 3.85. The summed E-state index contributed by atoms with van der Waals surface area (Å²) in [6, 6.07) is 0.339. The Balaban J connectivity index is 2.10. The maximum Gasteiger partial charge on any atom is 0.261 e. The van der Waals surface area contributed by atoms with Gasteiger partial charge in [-0.1, -0.05) is 0 Å². The summed E-state index contributed by atoms with van der Waals surface area (Å²) in [5.41, 5.74) is 0.689. The van der Waals surface area contributed by atoms with Gasteiger partial charge >= 0.3 is 0 Å². The second kappa shape index (κ2) is 5.16. The molecule has 0 bridgehead atoms. The highest BCUT2D eigenvalue weighted by Crippen LogP contribution is 2.20. The van der Waals surface area contributed by atoms with E-state index in [9.17, 15) is 8.76 Å². The van der Waals surface area contributed by atoms with Crippen LogP contribution in [-0.4, -0.2) is 49.6 Å². The van der Waals surface area contributed by atoms with Crippen LogP contribution in [0.5, 0.6) is 0 Å². The number of likely N-dealkylation sites (N-methyl/N-ethyl adjacent to an activating group) is 1. The lowest BCUT2D eigenvalue weighted by Gasteiger charge is -2.26. The molecule has 0 radical (unpaired) electrons. The van der Waals surface area contributed by atoms with Gasteiger partial charge in [-0.2, -0.15) is 5.10 Å². The third-order valence-electron chi connectivity index (χ3n) is 3.22. The number of aryl methyl sites for hydroxylation is 1. The average Bonchev–Trinajstić information content (AvgIpc) is 2.84. The molecule has 1 aliphatic heterocycles. The average molecular weight is 258 g/mol. The maximum absolute atomic E-state index is 11.4. The van der Waals surface area contributed by atoms with Crippen LogP contribution >= 0.6 is 0 Å². The van der Waals surface area contributed by atoms with Gasteiger partial charge in [0.2, 0.25) is 0 Å². The molecule has 2 heterocycles. The van der Waals surface area contributed by atoms with Crippen LogP contribution in [-0.2, 0) is 18.3 Å². The molecule has 7 heteroatoms. The lowest BCUT2D eigenvalue weighted by Crippen LogP contribution is -2.39. The van der Waals surface area contributed by atoms with Gasteiger partial charge in [-0.15, -0.1) is 0 Å². The van der Waals surface area contributed by atoms with Gasteiger partial charge in [-0.3, -0.25) is 13.5 Å². The Morgan fingerprint density at radius 2 is 2.41 bits per heavy atom. The molecule has 1 aromatic rings. The van der Waals surface area contributed by atoms with Crippen LogP contribution in [0.15, 0.2) is 12.4 Å². The van der Waals surface area contributed by atoms with E-state index in [2.05, 4.69) is 17.0 Å². The van der Waals surface area contributed by atoms with Crippen molar-refractivity contribution in [1.82, 2.24) is 14.7 Å². The first kappa shape index (κ1) is 12.5. The Hall–Kier alpha value is -0.920. The number of hydrogen-bond donors (Lipinski definition) is 1. The molecule has 6 nitrogen and oxygen atoms in total. The largest absolute Gasteiger partial charge is 0.302 e. The Kier molecular flexibility index (Phi) is 3.80. The van der Waals surface area contributed by atoms with Crippen LogP contribution < -0.4 is 4.31 Å². The van der Waals surface area contributed by atoms with Crippen LogP contribution in [0.25, 0.3) is 0 Å². The Bertz CT molecular complexity index is 409. The van der Waals surface area contributed by atoms with Gasteiger partial charge in [-0.25, -0.2) is 4.21 Å². The predicted octanol–water partition coefficient (Wildman–Crippen LogP) is 0.457. The molecule has 1 fully saturated rings. The fourth-order valence-corrected chi connectivity index (χ4v) is 2.77. The Morgan fingerprint density at radius 1 is 1.65 bits per heavy atom. The summed E-state index contributed by atoms with van der Waals surface area (Å²) in [4.78, 5) is 2.23. The predicted molar refractivity (Wildman–Crippen MR) is 67.0 cm³/mol. The van der Waals surface area contributed by atoms with Gasteiger partial charge in [-0.05, 0) is 26.4 Å².